The van der Waals surface area contributed by atoms with Crippen molar-refractivity contribution in [2.45, 2.75) is 91.1 Å². The molecule has 3 heteroatoms. The summed E-state index contributed by atoms with van der Waals surface area (Å²) in [7, 11) is 0. The zero-order valence-corrected chi connectivity index (χ0v) is 17.0. The molecule has 2 nitrogen and oxygen atoms in total. The smallest absolute Gasteiger partial charge is 0.130 e. The van der Waals surface area contributed by atoms with Gasteiger partial charge in [-0.25, -0.2) is 0 Å². The third-order valence-electron chi connectivity index (χ3n) is 4.88. The number of rotatable bonds is 15. The van der Waals surface area contributed by atoms with Crippen LogP contribution in [0.25, 0.3) is 0 Å². The van der Waals surface area contributed by atoms with Crippen LogP contribution >= 0.6 is 0 Å². The summed E-state index contributed by atoms with van der Waals surface area (Å²) >= 11 is 0. The number of quaternary nitrogens is 1. The van der Waals surface area contributed by atoms with E-state index in [9.17, 15) is 0 Å². The molecule has 0 aliphatic carbocycles. The third kappa shape index (κ3) is 10.2. The summed E-state index contributed by atoms with van der Waals surface area (Å²) in [6, 6.07) is 0. The van der Waals surface area contributed by atoms with Crippen molar-refractivity contribution in [3.63, 3.8) is 0 Å². The summed E-state index contributed by atoms with van der Waals surface area (Å²) in [6.07, 6.45) is 14.6. The lowest BCUT2D eigenvalue weighted by molar-refractivity contribution is -0.929. The molecule has 0 spiro atoms. The van der Waals surface area contributed by atoms with Gasteiger partial charge in [0.05, 0.1) is 26.2 Å². The molecule has 0 bridgehead atoms. The summed E-state index contributed by atoms with van der Waals surface area (Å²) in [5.74, 6) is 0. The van der Waals surface area contributed by atoms with Gasteiger partial charge in [-0.1, -0.05) is 59.3 Å². The van der Waals surface area contributed by atoms with Crippen molar-refractivity contribution in [1.82, 2.24) is 0 Å². The number of epoxide rings is 1. The maximum atomic E-state index is 5.52. The molecule has 1 aliphatic heterocycles. The fourth-order valence-electron chi connectivity index (χ4n) is 3.74. The quantitative estimate of drug-likeness (QED) is 0.242. The zero-order chi connectivity index (χ0) is 15.4. The third-order valence-corrected chi connectivity index (χ3v) is 4.88. The first-order chi connectivity index (χ1) is 10.3. The topological polar surface area (TPSA) is 12.5 Å². The molecule has 1 unspecified atom stereocenters. The molecule has 1 aliphatic rings. The molecule has 0 aromatic carbocycles. The van der Waals surface area contributed by atoms with Gasteiger partial charge in [-0.15, -0.1) is 0 Å². The van der Waals surface area contributed by atoms with E-state index in [2.05, 4.69) is 20.8 Å². The van der Waals surface area contributed by atoms with Gasteiger partial charge in [-0.3, -0.25) is 0 Å². The summed E-state index contributed by atoms with van der Waals surface area (Å²) in [5.41, 5.74) is 0. The Morgan fingerprint density at radius 2 is 1.23 bits per heavy atom. The molecule has 0 radical (unpaired) electrons. The second-order valence-corrected chi connectivity index (χ2v) is 7.13. The van der Waals surface area contributed by atoms with Crippen LogP contribution in [0.2, 0.25) is 0 Å². The molecule has 0 amide bonds. The summed E-state index contributed by atoms with van der Waals surface area (Å²) in [6.45, 7) is 13.4. The van der Waals surface area contributed by atoms with Crippen LogP contribution in [0.3, 0.4) is 0 Å². The standard InChI is InChI=1S/C19H40NO.BrH/c1-4-7-8-9-10-11-12-13-16-20(14-5-2,15-6-3)17-19-18-21-19;/h19H,4-18H2,1-3H3;1H/q+1;/p-1. The summed E-state index contributed by atoms with van der Waals surface area (Å²) < 4.78 is 6.85. The Kier molecular flexibility index (Phi) is 14.1. The fraction of sp³-hybridized carbons (Fsp3) is 1.00. The van der Waals surface area contributed by atoms with E-state index in [1.165, 1.54) is 94.9 Å². The van der Waals surface area contributed by atoms with Crippen LogP contribution in [0.1, 0.15) is 85.0 Å². The number of ether oxygens (including phenoxy) is 1. The maximum absolute atomic E-state index is 5.52. The molecule has 1 rings (SSSR count). The van der Waals surface area contributed by atoms with E-state index >= 15 is 0 Å². The average molecular weight is 378 g/mol. The van der Waals surface area contributed by atoms with Crippen LogP contribution in [-0.2, 0) is 4.74 Å². The first-order valence-electron chi connectivity index (χ1n) is 9.73. The maximum Gasteiger partial charge on any atom is 0.130 e. The molecule has 0 aromatic rings. The molecular formula is C19H40BrNO. The van der Waals surface area contributed by atoms with Crippen molar-refractivity contribution in [2.24, 2.45) is 0 Å². The van der Waals surface area contributed by atoms with Crippen molar-refractivity contribution in [1.29, 1.82) is 0 Å². The number of hydrogen-bond acceptors (Lipinski definition) is 1. The van der Waals surface area contributed by atoms with Crippen LogP contribution < -0.4 is 17.0 Å². The summed E-state index contributed by atoms with van der Waals surface area (Å²) in [5, 5.41) is 0. The first kappa shape index (κ1) is 22.4. The van der Waals surface area contributed by atoms with Crippen molar-refractivity contribution in [3.05, 3.63) is 0 Å². The van der Waals surface area contributed by atoms with E-state index in [1.54, 1.807) is 0 Å². The van der Waals surface area contributed by atoms with Crippen LogP contribution in [0.5, 0.6) is 0 Å². The van der Waals surface area contributed by atoms with E-state index in [4.69, 9.17) is 4.74 Å². The van der Waals surface area contributed by atoms with Gasteiger partial charge in [0.2, 0.25) is 0 Å². The van der Waals surface area contributed by atoms with E-state index in [-0.39, 0.29) is 17.0 Å². The van der Waals surface area contributed by atoms with Crippen molar-refractivity contribution in [3.8, 4) is 0 Å². The Labute approximate surface area is 150 Å². The molecule has 1 heterocycles. The highest BCUT2D eigenvalue weighted by Crippen LogP contribution is 2.21. The van der Waals surface area contributed by atoms with Crippen molar-refractivity contribution >= 4 is 0 Å². The van der Waals surface area contributed by atoms with Gasteiger partial charge in [0, 0.05) is 0 Å². The predicted molar refractivity (Wildman–Crippen MR) is 92.7 cm³/mol. The van der Waals surface area contributed by atoms with Gasteiger partial charge in [-0.05, 0) is 25.7 Å². The molecule has 1 atom stereocenters. The Morgan fingerprint density at radius 1 is 0.727 bits per heavy atom. The fourth-order valence-corrected chi connectivity index (χ4v) is 3.74. The second kappa shape index (κ2) is 13.8. The van der Waals surface area contributed by atoms with Crippen LogP contribution in [0, 0.1) is 0 Å². The lowest BCUT2D eigenvalue weighted by Gasteiger charge is -2.38. The molecule has 1 saturated heterocycles. The Balaban J connectivity index is 0.00000441. The van der Waals surface area contributed by atoms with E-state index in [0.717, 1.165) is 6.61 Å². The summed E-state index contributed by atoms with van der Waals surface area (Å²) in [4.78, 5) is 0. The van der Waals surface area contributed by atoms with Crippen LogP contribution in [0.4, 0.5) is 0 Å². The molecule has 1 fully saturated rings. The minimum atomic E-state index is 0. The first-order valence-corrected chi connectivity index (χ1v) is 9.73. The van der Waals surface area contributed by atoms with Gasteiger partial charge >= 0.3 is 0 Å². The molecule has 22 heavy (non-hydrogen) atoms. The number of unbranched alkanes of at least 4 members (excludes halogenated alkanes) is 7. The Morgan fingerprint density at radius 3 is 1.68 bits per heavy atom. The van der Waals surface area contributed by atoms with Crippen molar-refractivity contribution in [2.75, 3.05) is 32.8 Å². The number of halogens is 1. The van der Waals surface area contributed by atoms with Gasteiger partial charge in [0.15, 0.2) is 0 Å². The zero-order valence-electron chi connectivity index (χ0n) is 15.4. The predicted octanol–water partition coefficient (Wildman–Crippen LogP) is 2.17. The highest BCUT2D eigenvalue weighted by molar-refractivity contribution is 4.69. The highest BCUT2D eigenvalue weighted by atomic mass is 79.9. The lowest BCUT2D eigenvalue weighted by atomic mass is 10.1. The molecule has 134 valence electrons. The van der Waals surface area contributed by atoms with Gasteiger partial charge in [0.25, 0.3) is 0 Å². The van der Waals surface area contributed by atoms with E-state index in [1.807, 2.05) is 0 Å². The van der Waals surface area contributed by atoms with E-state index < -0.39 is 0 Å². The Hall–Kier alpha value is 0.400. The normalized spacial score (nSPS) is 17.3. The number of hydrogen-bond donors (Lipinski definition) is 0. The van der Waals surface area contributed by atoms with Gasteiger partial charge in [0.1, 0.15) is 12.6 Å². The average Bonchev–Trinajstić information content (AvgIpc) is 3.26. The van der Waals surface area contributed by atoms with Gasteiger partial charge in [-0.2, -0.15) is 0 Å². The monoisotopic (exact) mass is 377 g/mol. The Bertz CT molecular complexity index is 238. The minimum absolute atomic E-state index is 0. The molecule has 0 aromatic heterocycles. The van der Waals surface area contributed by atoms with Crippen LogP contribution in [0.15, 0.2) is 0 Å². The van der Waals surface area contributed by atoms with E-state index in [0.29, 0.717) is 6.10 Å². The molecule has 0 N–H and O–H groups in total. The lowest BCUT2D eigenvalue weighted by Crippen LogP contribution is -3.00. The minimum Gasteiger partial charge on any atom is -1.00 e. The second-order valence-electron chi connectivity index (χ2n) is 7.13. The van der Waals surface area contributed by atoms with Crippen molar-refractivity contribution < 1.29 is 26.2 Å². The molecular weight excluding hydrogens is 338 g/mol. The number of nitrogens with zero attached hydrogens (tertiary/aromatic N) is 1. The van der Waals surface area contributed by atoms with Gasteiger partial charge < -0.3 is 26.2 Å². The SMILES string of the molecule is CCCCCCCCCC[N+](CCC)(CCC)CC1CO1.[Br-]. The highest BCUT2D eigenvalue weighted by Gasteiger charge is 2.35. The largest absolute Gasteiger partial charge is 1.00 e. The molecule has 0 saturated carbocycles. The van der Waals surface area contributed by atoms with Crippen LogP contribution in [-0.4, -0.2) is 43.4 Å².